The Morgan fingerprint density at radius 3 is 2.61 bits per heavy atom. The van der Waals surface area contributed by atoms with E-state index in [1.54, 1.807) is 27.5 Å². The Morgan fingerprint density at radius 2 is 1.86 bits per heavy atom. The first-order valence-electron chi connectivity index (χ1n) is 11.9. The van der Waals surface area contributed by atoms with Crippen LogP contribution in [0.5, 0.6) is 5.75 Å². The van der Waals surface area contributed by atoms with Crippen molar-refractivity contribution in [1.29, 1.82) is 0 Å². The molecule has 3 heterocycles. The van der Waals surface area contributed by atoms with Crippen LogP contribution in [0.1, 0.15) is 31.1 Å². The number of aromatic nitrogens is 5. The molecule has 0 aliphatic carbocycles. The number of hydrogen-bond donors (Lipinski definition) is 1. The summed E-state index contributed by atoms with van der Waals surface area (Å²) < 4.78 is 18.7. The van der Waals surface area contributed by atoms with Gasteiger partial charge in [0.1, 0.15) is 22.9 Å². The number of nitrogens with one attached hydrogen (secondary N) is 1. The summed E-state index contributed by atoms with van der Waals surface area (Å²) in [5.41, 5.74) is 3.51. The molecular formula is C27H34N6O3. The number of ether oxygens (including phenoxy) is 3. The van der Waals surface area contributed by atoms with E-state index in [0.717, 1.165) is 45.8 Å². The third-order valence-electron chi connectivity index (χ3n) is 6.29. The molecule has 1 N–H and O–H groups in total. The van der Waals surface area contributed by atoms with E-state index in [4.69, 9.17) is 19.2 Å². The summed E-state index contributed by atoms with van der Waals surface area (Å²) in [6.45, 7) is 7.99. The van der Waals surface area contributed by atoms with E-state index in [1.807, 2.05) is 45.3 Å². The molecule has 1 aromatic carbocycles. The van der Waals surface area contributed by atoms with E-state index < -0.39 is 0 Å². The van der Waals surface area contributed by atoms with Crippen molar-refractivity contribution in [3.63, 3.8) is 0 Å². The number of fused-ring (bicyclic) bond motifs is 1. The van der Waals surface area contributed by atoms with Crippen molar-refractivity contribution in [3.05, 3.63) is 60.1 Å². The monoisotopic (exact) mass is 490 g/mol. The zero-order chi connectivity index (χ0) is 25.7. The Morgan fingerprint density at radius 1 is 1.03 bits per heavy atom. The summed E-state index contributed by atoms with van der Waals surface area (Å²) in [5, 5.41) is 4.30. The first kappa shape index (κ1) is 25.5. The molecule has 0 amide bonds. The fourth-order valence-corrected chi connectivity index (χ4v) is 3.96. The topological polar surface area (TPSA) is 96.2 Å². The second-order valence-electron chi connectivity index (χ2n) is 9.24. The number of nitrogens with zero attached hydrogens (tertiary/aromatic N) is 5. The highest BCUT2D eigenvalue weighted by atomic mass is 16.5. The fourth-order valence-electron chi connectivity index (χ4n) is 3.96. The standard InChI is InChI=1S/C27H34N6O3/c1-18-29-16-22(33(18)11-12-34-4)19-7-8-20(23(13-19)35-5)14-24-30-15-21-9-10-28-26(25(21)32-24)31-17-27(2,3)36-6/h7-10,13,15-16H,11-12,14,17H2,1-6H3,(H,28,31). The summed E-state index contributed by atoms with van der Waals surface area (Å²) in [7, 11) is 5.08. The molecule has 0 saturated heterocycles. The zero-order valence-electron chi connectivity index (χ0n) is 21.8. The van der Waals surface area contributed by atoms with Crippen LogP contribution in [0.15, 0.2) is 42.9 Å². The van der Waals surface area contributed by atoms with Crippen LogP contribution in [0.25, 0.3) is 22.2 Å². The van der Waals surface area contributed by atoms with Crippen molar-refractivity contribution < 1.29 is 14.2 Å². The van der Waals surface area contributed by atoms with Crippen molar-refractivity contribution >= 4 is 16.7 Å². The molecule has 0 aliphatic heterocycles. The second-order valence-corrected chi connectivity index (χ2v) is 9.24. The van der Waals surface area contributed by atoms with Gasteiger partial charge in [-0.1, -0.05) is 12.1 Å². The number of methoxy groups -OCH3 is 3. The summed E-state index contributed by atoms with van der Waals surface area (Å²) >= 11 is 0. The Kier molecular flexibility index (Phi) is 7.81. The van der Waals surface area contributed by atoms with Crippen LogP contribution in [-0.2, 0) is 22.4 Å². The highest BCUT2D eigenvalue weighted by molar-refractivity contribution is 5.87. The predicted octanol–water partition coefficient (Wildman–Crippen LogP) is 4.28. The van der Waals surface area contributed by atoms with Gasteiger partial charge in [0.05, 0.1) is 31.2 Å². The number of aryl methyl sites for hydroxylation is 1. The van der Waals surface area contributed by atoms with Gasteiger partial charge in [-0.3, -0.25) is 0 Å². The molecule has 0 saturated carbocycles. The molecule has 0 aliphatic rings. The SMILES string of the molecule is COCCn1c(-c2ccc(Cc3ncc4ccnc(NCC(C)(C)OC)c4n3)c(OC)c2)cnc1C. The van der Waals surface area contributed by atoms with Crippen LogP contribution in [-0.4, -0.2) is 64.6 Å². The van der Waals surface area contributed by atoms with Gasteiger partial charge < -0.3 is 24.1 Å². The molecule has 0 fully saturated rings. The maximum absolute atomic E-state index is 5.76. The minimum Gasteiger partial charge on any atom is -0.496 e. The average molecular weight is 491 g/mol. The first-order valence-corrected chi connectivity index (χ1v) is 11.9. The third-order valence-corrected chi connectivity index (χ3v) is 6.29. The van der Waals surface area contributed by atoms with E-state index in [-0.39, 0.29) is 5.60 Å². The van der Waals surface area contributed by atoms with Crippen LogP contribution in [0.3, 0.4) is 0 Å². The van der Waals surface area contributed by atoms with Crippen molar-refractivity contribution in [2.75, 3.05) is 39.8 Å². The summed E-state index contributed by atoms with van der Waals surface area (Å²) in [6.07, 6.45) is 6.01. The second kappa shape index (κ2) is 11.0. The highest BCUT2D eigenvalue weighted by Gasteiger charge is 2.18. The average Bonchev–Trinajstić information content (AvgIpc) is 3.26. The molecule has 190 valence electrons. The summed E-state index contributed by atoms with van der Waals surface area (Å²) in [6, 6.07) is 8.10. The fraction of sp³-hybridized carbons (Fsp3) is 0.407. The van der Waals surface area contributed by atoms with E-state index in [0.29, 0.717) is 31.2 Å². The maximum Gasteiger partial charge on any atom is 0.152 e. The lowest BCUT2D eigenvalue weighted by Crippen LogP contribution is -2.32. The largest absolute Gasteiger partial charge is 0.496 e. The highest BCUT2D eigenvalue weighted by Crippen LogP contribution is 2.30. The Hall–Kier alpha value is -3.56. The van der Waals surface area contributed by atoms with Crippen LogP contribution in [0.4, 0.5) is 5.82 Å². The van der Waals surface area contributed by atoms with Gasteiger partial charge in [0, 0.05) is 62.6 Å². The molecule has 4 aromatic rings. The number of benzene rings is 1. The van der Waals surface area contributed by atoms with Gasteiger partial charge >= 0.3 is 0 Å². The van der Waals surface area contributed by atoms with Gasteiger partial charge in [0.25, 0.3) is 0 Å². The molecule has 9 nitrogen and oxygen atoms in total. The van der Waals surface area contributed by atoms with Gasteiger partial charge in [0.15, 0.2) is 5.82 Å². The van der Waals surface area contributed by atoms with E-state index in [9.17, 15) is 0 Å². The molecule has 0 unspecified atom stereocenters. The van der Waals surface area contributed by atoms with Crippen LogP contribution >= 0.6 is 0 Å². The van der Waals surface area contributed by atoms with E-state index in [2.05, 4.69) is 37.0 Å². The zero-order valence-corrected chi connectivity index (χ0v) is 21.8. The molecule has 0 spiro atoms. The third kappa shape index (κ3) is 5.63. The molecule has 4 rings (SSSR count). The normalized spacial score (nSPS) is 11.7. The number of hydrogen-bond acceptors (Lipinski definition) is 8. The van der Waals surface area contributed by atoms with E-state index in [1.165, 1.54) is 0 Å². The van der Waals surface area contributed by atoms with Crippen LogP contribution < -0.4 is 10.1 Å². The molecule has 0 bridgehead atoms. The quantitative estimate of drug-likeness (QED) is 0.333. The van der Waals surface area contributed by atoms with Gasteiger partial charge in [-0.25, -0.2) is 19.9 Å². The van der Waals surface area contributed by atoms with Gasteiger partial charge in [-0.15, -0.1) is 0 Å². The summed E-state index contributed by atoms with van der Waals surface area (Å²) in [4.78, 5) is 18.4. The number of imidazole rings is 1. The van der Waals surface area contributed by atoms with Crippen molar-refractivity contribution in [1.82, 2.24) is 24.5 Å². The Labute approximate surface area is 211 Å². The molecule has 9 heteroatoms. The van der Waals surface area contributed by atoms with Crippen molar-refractivity contribution in [2.24, 2.45) is 0 Å². The number of pyridine rings is 1. The predicted molar refractivity (Wildman–Crippen MR) is 141 cm³/mol. The number of anilines is 1. The molecule has 0 radical (unpaired) electrons. The molecule has 3 aromatic heterocycles. The minimum absolute atomic E-state index is 0.327. The van der Waals surface area contributed by atoms with E-state index >= 15 is 0 Å². The van der Waals surface area contributed by atoms with Gasteiger partial charge in [0.2, 0.25) is 0 Å². The molecule has 0 atom stereocenters. The van der Waals surface area contributed by atoms with Gasteiger partial charge in [-0.2, -0.15) is 0 Å². The van der Waals surface area contributed by atoms with Gasteiger partial charge in [-0.05, 0) is 32.9 Å². The molecular weight excluding hydrogens is 456 g/mol. The molecule has 36 heavy (non-hydrogen) atoms. The van der Waals surface area contributed by atoms with Crippen LogP contribution in [0.2, 0.25) is 0 Å². The maximum atomic E-state index is 5.76. The lowest BCUT2D eigenvalue weighted by molar-refractivity contribution is 0.0343. The number of rotatable bonds is 11. The summed E-state index contributed by atoms with van der Waals surface area (Å²) in [5.74, 6) is 3.13. The first-order chi connectivity index (χ1) is 17.3. The van der Waals surface area contributed by atoms with Crippen LogP contribution in [0, 0.1) is 6.92 Å². The lowest BCUT2D eigenvalue weighted by atomic mass is 10.0. The Bertz CT molecular complexity index is 1330. The van der Waals surface area contributed by atoms with Crippen molar-refractivity contribution in [2.45, 2.75) is 39.3 Å². The van der Waals surface area contributed by atoms with Crippen molar-refractivity contribution in [3.8, 4) is 17.0 Å². The Balaban J connectivity index is 1.61. The minimum atomic E-state index is -0.327. The lowest BCUT2D eigenvalue weighted by Gasteiger charge is -2.23. The smallest absolute Gasteiger partial charge is 0.152 e.